The highest BCUT2D eigenvalue weighted by Crippen LogP contribution is 2.42. The first-order valence-electron chi connectivity index (χ1n) is 14.5. The van der Waals surface area contributed by atoms with Crippen molar-refractivity contribution in [3.8, 4) is 5.75 Å². The van der Waals surface area contributed by atoms with Crippen molar-refractivity contribution in [1.29, 1.82) is 0 Å². The lowest BCUT2D eigenvalue weighted by Gasteiger charge is -2.11. The molecule has 4 aromatic carbocycles. The number of hydrogen-bond donors (Lipinski definition) is 7. The molecule has 298 valence electrons. The molecule has 0 saturated carbocycles. The number of benzene rings is 4. The van der Waals surface area contributed by atoms with Gasteiger partial charge in [0, 0.05) is 16.8 Å². The van der Waals surface area contributed by atoms with Gasteiger partial charge in [-0.05, 0) is 77.7 Å². The van der Waals surface area contributed by atoms with Crippen molar-refractivity contribution in [2.75, 3.05) is 23.0 Å². The Labute approximate surface area is 321 Å². The number of aromatic nitrogens is 3. The van der Waals surface area contributed by atoms with Crippen LogP contribution in [0.3, 0.4) is 0 Å². The Morgan fingerprint density at radius 1 is 0.661 bits per heavy atom. The van der Waals surface area contributed by atoms with Crippen molar-refractivity contribution in [3.05, 3.63) is 72.0 Å². The van der Waals surface area contributed by atoms with E-state index in [0.29, 0.717) is 6.07 Å². The Kier molecular flexibility index (Phi) is 11.7. The van der Waals surface area contributed by atoms with Gasteiger partial charge in [-0.2, -0.15) is 48.6 Å². The fourth-order valence-corrected chi connectivity index (χ4v) is 8.10. The van der Waals surface area contributed by atoms with E-state index in [9.17, 15) is 60.9 Å². The van der Waals surface area contributed by atoms with E-state index >= 15 is 0 Å². The minimum absolute atomic E-state index is 0.0738. The summed E-state index contributed by atoms with van der Waals surface area (Å²) in [5, 5.41) is 22.6. The van der Waals surface area contributed by atoms with Crippen LogP contribution in [-0.4, -0.2) is 92.7 Å². The van der Waals surface area contributed by atoms with E-state index in [1.807, 2.05) is 0 Å². The second-order valence-electron chi connectivity index (χ2n) is 10.9. The van der Waals surface area contributed by atoms with Crippen LogP contribution in [0.15, 0.2) is 96.5 Å². The van der Waals surface area contributed by atoms with Gasteiger partial charge in [0.2, 0.25) is 17.2 Å². The number of halogens is 1. The lowest BCUT2D eigenvalue weighted by atomic mass is 10.1. The zero-order valence-corrected chi connectivity index (χ0v) is 32.0. The van der Waals surface area contributed by atoms with E-state index in [4.69, 9.17) is 16.2 Å². The first-order chi connectivity index (χ1) is 25.8. The van der Waals surface area contributed by atoms with Crippen LogP contribution >= 0.6 is 11.6 Å². The first-order valence-corrected chi connectivity index (χ1v) is 22.2. The van der Waals surface area contributed by atoms with Crippen LogP contribution in [0.25, 0.3) is 10.8 Å². The van der Waals surface area contributed by atoms with Gasteiger partial charge in [-0.3, -0.25) is 18.2 Å². The van der Waals surface area contributed by atoms with Crippen LogP contribution in [0.5, 0.6) is 5.75 Å². The molecule has 0 amide bonds. The Balaban J connectivity index is 1.48. The molecule has 0 aliphatic rings. The van der Waals surface area contributed by atoms with Gasteiger partial charge >= 0.3 is 10.4 Å². The summed E-state index contributed by atoms with van der Waals surface area (Å²) in [5.41, 5.74) is -1.61. The molecule has 1 aromatic heterocycles. The van der Waals surface area contributed by atoms with Crippen LogP contribution in [0.2, 0.25) is 5.28 Å². The van der Waals surface area contributed by atoms with Crippen LogP contribution in [0.4, 0.5) is 34.6 Å². The number of phenols is 1. The highest BCUT2D eigenvalue weighted by atomic mass is 35.5. The number of nitrogens with one attached hydrogen (secondary N) is 2. The van der Waals surface area contributed by atoms with E-state index in [1.165, 1.54) is 18.2 Å². The van der Waals surface area contributed by atoms with E-state index in [2.05, 4.69) is 40.0 Å². The smallest absolute Gasteiger partial charge is 0.397 e. The molecule has 0 fully saturated rings. The summed E-state index contributed by atoms with van der Waals surface area (Å²) in [7, 11) is -24.1. The van der Waals surface area contributed by atoms with Crippen molar-refractivity contribution in [3.63, 3.8) is 0 Å². The summed E-state index contributed by atoms with van der Waals surface area (Å²) in [5.74, 6) is -2.37. The molecule has 7 N–H and O–H groups in total. The zero-order valence-electron chi connectivity index (χ0n) is 27.1. The van der Waals surface area contributed by atoms with E-state index in [0.717, 1.165) is 42.5 Å². The predicted octanol–water partition coefficient (Wildman–Crippen LogP) is 3.62. The molecule has 0 bridgehead atoms. The molecule has 0 atom stereocenters. The van der Waals surface area contributed by atoms with E-state index in [1.54, 1.807) is 0 Å². The minimum Gasteiger partial charge on any atom is -0.505 e. The molecular weight excluding hydrogens is 874 g/mol. The van der Waals surface area contributed by atoms with Gasteiger partial charge in [0.05, 0.1) is 22.2 Å². The number of aromatic hydroxyl groups is 1. The molecule has 5 aromatic rings. The molecular formula is C27H22ClN7O16S5. The number of nitrogens with zero attached hydrogens (tertiary/aromatic N) is 5. The van der Waals surface area contributed by atoms with Crippen molar-refractivity contribution in [2.45, 2.75) is 19.6 Å². The third-order valence-corrected chi connectivity index (χ3v) is 11.9. The Morgan fingerprint density at radius 2 is 1.29 bits per heavy atom. The van der Waals surface area contributed by atoms with E-state index < -0.39 is 100 Å². The highest BCUT2D eigenvalue weighted by molar-refractivity contribution is 7.91. The number of phenolic OH excluding ortho intramolecular Hbond substituents is 1. The molecule has 23 nitrogen and oxygen atoms in total. The third kappa shape index (κ3) is 10.4. The number of fused-ring (bicyclic) bond motifs is 1. The van der Waals surface area contributed by atoms with Crippen LogP contribution in [0.1, 0.15) is 0 Å². The number of azo groups is 1. The predicted molar refractivity (Wildman–Crippen MR) is 193 cm³/mol. The standard InChI is InChI=1S/C27H22ClN7O16S5/c28-25-31-26(29-15-2-1-3-17(12-15)52(37,38)9-8-51-56(48,49)50)33-27(32-25)30-16-4-7-21(54(42,43)44)20(13-16)34-35-23-22(55(45,46)47)11-14-10-18(53(39,40)41)5-6-19(14)24(23)36/h1-7,10-13,36H,8-9H2,(H,39,40,41)(H,42,43,44)(H,45,46,47)(H,48,49,50)(H2,29,30,31,32,33). The Hall–Kier alpha value is -5.01. The lowest BCUT2D eigenvalue weighted by molar-refractivity contribution is 0.284. The van der Waals surface area contributed by atoms with Crippen LogP contribution < -0.4 is 10.6 Å². The maximum Gasteiger partial charge on any atom is 0.397 e. The maximum absolute atomic E-state index is 12.6. The van der Waals surface area contributed by atoms with Gasteiger partial charge in [-0.25, -0.2) is 12.6 Å². The van der Waals surface area contributed by atoms with Crippen LogP contribution in [-0.2, 0) is 54.8 Å². The molecule has 29 heteroatoms. The second kappa shape index (κ2) is 15.5. The maximum atomic E-state index is 12.6. The number of hydrogen-bond acceptors (Lipinski definition) is 19. The topological polar surface area (TPSA) is 369 Å². The fourth-order valence-electron chi connectivity index (χ4n) is 4.63. The molecule has 0 aliphatic carbocycles. The fraction of sp³-hybridized carbons (Fsp3) is 0.0741. The van der Waals surface area contributed by atoms with Crippen molar-refractivity contribution in [1.82, 2.24) is 15.0 Å². The minimum atomic E-state index is -5.25. The summed E-state index contributed by atoms with van der Waals surface area (Å²) in [4.78, 5) is 8.90. The molecule has 0 aliphatic heterocycles. The zero-order chi connectivity index (χ0) is 41.4. The van der Waals surface area contributed by atoms with Gasteiger partial charge in [0.15, 0.2) is 15.6 Å². The van der Waals surface area contributed by atoms with Crippen molar-refractivity contribution >= 4 is 108 Å². The average Bonchev–Trinajstić information content (AvgIpc) is 3.05. The molecule has 5 rings (SSSR count). The normalized spacial score (nSPS) is 12.9. The number of rotatable bonds is 14. The van der Waals surface area contributed by atoms with Crippen molar-refractivity contribution in [2.24, 2.45) is 10.2 Å². The van der Waals surface area contributed by atoms with Gasteiger partial charge in [0.25, 0.3) is 30.4 Å². The Morgan fingerprint density at radius 3 is 1.88 bits per heavy atom. The van der Waals surface area contributed by atoms with E-state index in [-0.39, 0.29) is 38.9 Å². The summed E-state index contributed by atoms with van der Waals surface area (Å²) in [6, 6.07) is 11.3. The molecule has 0 unspecified atom stereocenters. The number of anilines is 4. The third-order valence-electron chi connectivity index (χ3n) is 6.99. The highest BCUT2D eigenvalue weighted by Gasteiger charge is 2.24. The quantitative estimate of drug-likeness (QED) is 0.0618. The van der Waals surface area contributed by atoms with Gasteiger partial charge in [0.1, 0.15) is 21.2 Å². The SMILES string of the molecule is O=S(=O)(O)OCCS(=O)(=O)c1cccc(Nc2nc(Cl)nc(Nc3ccc(S(=O)(=O)O)c(N=Nc4c(S(=O)(=O)O)cc5cc(S(=O)(=O)O)ccc5c4O)c3)n2)c1. The summed E-state index contributed by atoms with van der Waals surface area (Å²) < 4.78 is 161. The van der Waals surface area contributed by atoms with Crippen LogP contribution in [0, 0.1) is 0 Å². The lowest BCUT2D eigenvalue weighted by Crippen LogP contribution is -2.15. The second-order valence-corrected chi connectivity index (χ2v) is 18.6. The summed E-state index contributed by atoms with van der Waals surface area (Å²) in [6.45, 7) is -0.870. The van der Waals surface area contributed by atoms with Gasteiger partial charge < -0.3 is 15.7 Å². The molecule has 0 saturated heterocycles. The van der Waals surface area contributed by atoms with Crippen molar-refractivity contribution < 1.29 is 69.6 Å². The average molecular weight is 896 g/mol. The molecule has 0 spiro atoms. The summed E-state index contributed by atoms with van der Waals surface area (Å²) in [6.07, 6.45) is 0. The van der Waals surface area contributed by atoms with Gasteiger partial charge in [-0.15, -0.1) is 10.2 Å². The number of sulfone groups is 1. The largest absolute Gasteiger partial charge is 0.505 e. The molecule has 1 heterocycles. The molecule has 56 heavy (non-hydrogen) atoms. The molecule has 0 radical (unpaired) electrons. The van der Waals surface area contributed by atoms with Gasteiger partial charge in [-0.1, -0.05) is 6.07 Å². The monoisotopic (exact) mass is 895 g/mol. The summed E-state index contributed by atoms with van der Waals surface area (Å²) >= 11 is 6.05. The first kappa shape index (κ1) is 42.1. The Bertz CT molecular complexity index is 3010.